The van der Waals surface area contributed by atoms with Gasteiger partial charge in [-0.25, -0.2) is 0 Å². The second-order valence-electron chi connectivity index (χ2n) is 7.29. The first-order chi connectivity index (χ1) is 15.8. The molecule has 0 saturated carbocycles. The minimum absolute atomic E-state index is 0.0654. The van der Waals surface area contributed by atoms with Gasteiger partial charge in [-0.05, 0) is 60.5 Å². The molecule has 4 rings (SSSR count). The van der Waals surface area contributed by atoms with Crippen molar-refractivity contribution in [3.8, 4) is 5.75 Å². The maximum Gasteiger partial charge on any atom is 0.340 e. The Bertz CT molecular complexity index is 1310. The second kappa shape index (κ2) is 9.56. The third-order valence-corrected chi connectivity index (χ3v) is 6.74. The molecule has 2 aromatic heterocycles. The molecule has 0 N–H and O–H groups in total. The molecule has 0 bridgehead atoms. The van der Waals surface area contributed by atoms with Gasteiger partial charge in [-0.1, -0.05) is 35.9 Å². The molecule has 0 unspecified atom stereocenters. The van der Waals surface area contributed by atoms with Gasteiger partial charge in [-0.15, -0.1) is 0 Å². The molecule has 33 heavy (non-hydrogen) atoms. The molecule has 0 aliphatic rings. The van der Waals surface area contributed by atoms with E-state index in [1.807, 2.05) is 0 Å². The van der Waals surface area contributed by atoms with E-state index in [1.54, 1.807) is 60.4 Å². The number of benzene rings is 2. The molecule has 2 heterocycles. The molecular formula is C24H20ClNO6S. The summed E-state index contributed by atoms with van der Waals surface area (Å²) in [4.78, 5) is 14.4. The standard InChI is InChI=1S/C24H20ClNO6S/c1-17-5-2-7-21(25)23(17)33(28,29)32-19-11-9-18(10-12-19)15-26(16-20-6-3-13-30-20)24(27)22-8-4-14-31-22/h2-14H,15-16H2,1H3. The number of hydrogen-bond donors (Lipinski definition) is 0. The topological polar surface area (TPSA) is 90.0 Å². The molecule has 7 nitrogen and oxygen atoms in total. The van der Waals surface area contributed by atoms with Gasteiger partial charge in [-0.3, -0.25) is 4.79 Å². The maximum absolute atomic E-state index is 12.9. The van der Waals surface area contributed by atoms with Gasteiger partial charge in [0.1, 0.15) is 16.4 Å². The van der Waals surface area contributed by atoms with Crippen LogP contribution in [-0.4, -0.2) is 19.2 Å². The molecule has 0 aliphatic heterocycles. The van der Waals surface area contributed by atoms with Crippen molar-refractivity contribution >= 4 is 27.6 Å². The Kier molecular flexibility index (Phi) is 6.57. The van der Waals surface area contributed by atoms with Gasteiger partial charge in [0.15, 0.2) is 5.76 Å². The summed E-state index contributed by atoms with van der Waals surface area (Å²) in [6.45, 7) is 2.14. The molecule has 1 amide bonds. The van der Waals surface area contributed by atoms with Crippen LogP contribution in [0, 0.1) is 6.92 Å². The molecule has 9 heteroatoms. The van der Waals surface area contributed by atoms with E-state index in [0.717, 1.165) is 5.56 Å². The summed E-state index contributed by atoms with van der Waals surface area (Å²) in [5.41, 5.74) is 1.25. The molecule has 170 valence electrons. The molecule has 2 aromatic carbocycles. The molecule has 0 radical (unpaired) electrons. The first-order valence-electron chi connectivity index (χ1n) is 9.97. The fraction of sp³-hybridized carbons (Fsp3) is 0.125. The lowest BCUT2D eigenvalue weighted by Crippen LogP contribution is -2.29. The van der Waals surface area contributed by atoms with Crippen molar-refractivity contribution in [1.29, 1.82) is 0 Å². The minimum atomic E-state index is -4.11. The SMILES string of the molecule is Cc1cccc(Cl)c1S(=O)(=O)Oc1ccc(CN(Cc2ccco2)C(=O)c2ccco2)cc1. The van der Waals surface area contributed by atoms with Crippen LogP contribution in [0.3, 0.4) is 0 Å². The molecule has 0 saturated heterocycles. The Morgan fingerprint density at radius 2 is 1.67 bits per heavy atom. The lowest BCUT2D eigenvalue weighted by Gasteiger charge is -2.21. The van der Waals surface area contributed by atoms with Gasteiger partial charge in [0, 0.05) is 6.54 Å². The average molecular weight is 486 g/mol. The van der Waals surface area contributed by atoms with Crippen LogP contribution in [0.2, 0.25) is 5.02 Å². The molecule has 0 atom stereocenters. The predicted molar refractivity (Wildman–Crippen MR) is 121 cm³/mol. The summed E-state index contributed by atoms with van der Waals surface area (Å²) in [7, 11) is -4.11. The van der Waals surface area contributed by atoms with E-state index in [-0.39, 0.29) is 40.4 Å². The van der Waals surface area contributed by atoms with Crippen molar-refractivity contribution in [2.45, 2.75) is 24.9 Å². The van der Waals surface area contributed by atoms with Crippen LogP contribution in [0.15, 0.2) is 93.0 Å². The molecule has 0 fully saturated rings. The zero-order valence-electron chi connectivity index (χ0n) is 17.6. The number of amides is 1. The minimum Gasteiger partial charge on any atom is -0.467 e. The van der Waals surface area contributed by atoms with Gasteiger partial charge in [0.25, 0.3) is 5.91 Å². The smallest absolute Gasteiger partial charge is 0.340 e. The van der Waals surface area contributed by atoms with Gasteiger partial charge in [0.05, 0.1) is 24.1 Å². The summed E-state index contributed by atoms with van der Waals surface area (Å²) in [6, 6.07) is 18.0. The van der Waals surface area contributed by atoms with E-state index in [1.165, 1.54) is 30.7 Å². The molecular weight excluding hydrogens is 466 g/mol. The van der Waals surface area contributed by atoms with Crippen LogP contribution in [0.1, 0.15) is 27.4 Å². The first-order valence-corrected chi connectivity index (χ1v) is 11.8. The Morgan fingerprint density at radius 3 is 2.30 bits per heavy atom. The highest BCUT2D eigenvalue weighted by atomic mass is 35.5. The Labute approximate surface area is 196 Å². The normalized spacial score (nSPS) is 11.3. The monoisotopic (exact) mass is 485 g/mol. The summed E-state index contributed by atoms with van der Waals surface area (Å²) >= 11 is 6.08. The summed E-state index contributed by atoms with van der Waals surface area (Å²) in [5, 5.41) is 0.0941. The number of halogens is 1. The van der Waals surface area contributed by atoms with Crippen molar-refractivity contribution < 1.29 is 26.2 Å². The van der Waals surface area contributed by atoms with Crippen molar-refractivity contribution in [2.24, 2.45) is 0 Å². The van der Waals surface area contributed by atoms with Crippen molar-refractivity contribution in [3.63, 3.8) is 0 Å². The average Bonchev–Trinajstić information content (AvgIpc) is 3.48. The highest BCUT2D eigenvalue weighted by Gasteiger charge is 2.23. The molecule has 0 aliphatic carbocycles. The zero-order chi connectivity index (χ0) is 23.4. The van der Waals surface area contributed by atoms with Crippen molar-refractivity contribution in [1.82, 2.24) is 4.90 Å². The van der Waals surface area contributed by atoms with Gasteiger partial charge in [0.2, 0.25) is 0 Å². The number of carbonyl (C=O) groups excluding carboxylic acids is 1. The lowest BCUT2D eigenvalue weighted by molar-refractivity contribution is 0.0685. The number of nitrogens with zero attached hydrogens (tertiary/aromatic N) is 1. The van der Waals surface area contributed by atoms with E-state index in [4.69, 9.17) is 24.6 Å². The largest absolute Gasteiger partial charge is 0.467 e. The van der Waals surface area contributed by atoms with Gasteiger partial charge in [-0.2, -0.15) is 8.42 Å². The highest BCUT2D eigenvalue weighted by Crippen LogP contribution is 2.28. The second-order valence-corrected chi connectivity index (χ2v) is 9.18. The number of aryl methyl sites for hydroxylation is 1. The first kappa shape index (κ1) is 22.7. The molecule has 0 spiro atoms. The summed E-state index contributed by atoms with van der Waals surface area (Å²) in [6.07, 6.45) is 2.98. The quantitative estimate of drug-likeness (QED) is 0.308. The zero-order valence-corrected chi connectivity index (χ0v) is 19.2. The predicted octanol–water partition coefficient (Wildman–Crippen LogP) is 5.44. The lowest BCUT2D eigenvalue weighted by atomic mass is 10.2. The van der Waals surface area contributed by atoms with Crippen molar-refractivity contribution in [3.05, 3.63) is 107 Å². The van der Waals surface area contributed by atoms with E-state index in [9.17, 15) is 13.2 Å². The van der Waals surface area contributed by atoms with Crippen LogP contribution >= 0.6 is 11.6 Å². The van der Waals surface area contributed by atoms with E-state index < -0.39 is 10.1 Å². The maximum atomic E-state index is 12.9. The summed E-state index contributed by atoms with van der Waals surface area (Å²) < 4.78 is 41.4. The Morgan fingerprint density at radius 1 is 0.939 bits per heavy atom. The van der Waals surface area contributed by atoms with E-state index >= 15 is 0 Å². The van der Waals surface area contributed by atoms with Gasteiger partial charge < -0.3 is 17.9 Å². The number of furan rings is 2. The Balaban J connectivity index is 1.52. The van der Waals surface area contributed by atoms with Crippen molar-refractivity contribution in [2.75, 3.05) is 0 Å². The fourth-order valence-electron chi connectivity index (χ4n) is 3.32. The van der Waals surface area contributed by atoms with Crippen LogP contribution in [0.5, 0.6) is 5.75 Å². The number of carbonyl (C=O) groups is 1. The third-order valence-electron chi connectivity index (χ3n) is 4.86. The number of rotatable bonds is 8. The van der Waals surface area contributed by atoms with E-state index in [0.29, 0.717) is 11.3 Å². The fourth-order valence-corrected chi connectivity index (χ4v) is 5.04. The van der Waals surface area contributed by atoms with Crippen LogP contribution < -0.4 is 4.18 Å². The Hall–Kier alpha value is -3.49. The number of hydrogen-bond acceptors (Lipinski definition) is 6. The van der Waals surface area contributed by atoms with Crippen LogP contribution in [0.25, 0.3) is 0 Å². The molecule has 4 aromatic rings. The van der Waals surface area contributed by atoms with Crippen LogP contribution in [0.4, 0.5) is 0 Å². The van der Waals surface area contributed by atoms with Gasteiger partial charge >= 0.3 is 10.1 Å². The van der Waals surface area contributed by atoms with Crippen LogP contribution in [-0.2, 0) is 23.2 Å². The van der Waals surface area contributed by atoms with E-state index in [2.05, 4.69) is 0 Å². The summed E-state index contributed by atoms with van der Waals surface area (Å²) in [5.74, 6) is 0.667. The third kappa shape index (κ3) is 5.30. The highest BCUT2D eigenvalue weighted by molar-refractivity contribution is 7.87.